The molecule has 20 heavy (non-hydrogen) atoms. The van der Waals surface area contributed by atoms with Crippen molar-refractivity contribution >= 4 is 11.7 Å². The van der Waals surface area contributed by atoms with Crippen LogP contribution in [0.5, 0.6) is 17.2 Å². The number of ether oxygens (including phenoxy) is 2. The van der Waals surface area contributed by atoms with Crippen LogP contribution in [0.4, 0.5) is 10.1 Å². The Labute approximate surface area is 114 Å². The van der Waals surface area contributed by atoms with E-state index in [2.05, 4.69) is 0 Å². The molecule has 2 rings (SSSR count). The van der Waals surface area contributed by atoms with Gasteiger partial charge in [-0.15, -0.1) is 0 Å². The molecular formula is C14H12FNO4. The lowest BCUT2D eigenvalue weighted by atomic mass is 10.1. The molecule has 0 aromatic heterocycles. The van der Waals surface area contributed by atoms with Gasteiger partial charge in [-0.3, -0.25) is 0 Å². The second-order valence-electron chi connectivity index (χ2n) is 3.95. The quantitative estimate of drug-likeness (QED) is 0.840. The van der Waals surface area contributed by atoms with Gasteiger partial charge in [-0.05, 0) is 24.3 Å². The van der Waals surface area contributed by atoms with Gasteiger partial charge < -0.3 is 20.3 Å². The summed E-state index contributed by atoms with van der Waals surface area (Å²) in [6.07, 6.45) is 0. The van der Waals surface area contributed by atoms with Crippen LogP contribution < -0.4 is 15.2 Å². The number of aromatic carboxylic acids is 1. The zero-order chi connectivity index (χ0) is 14.7. The molecule has 0 aliphatic heterocycles. The van der Waals surface area contributed by atoms with E-state index < -0.39 is 11.8 Å². The van der Waals surface area contributed by atoms with E-state index in [0.29, 0.717) is 11.5 Å². The number of carboxylic acid groups (broad SMARTS) is 1. The molecule has 0 spiro atoms. The normalized spacial score (nSPS) is 10.1. The third kappa shape index (κ3) is 2.80. The summed E-state index contributed by atoms with van der Waals surface area (Å²) in [6, 6.07) is 8.41. The van der Waals surface area contributed by atoms with Crippen LogP contribution in [0.1, 0.15) is 10.4 Å². The van der Waals surface area contributed by atoms with Gasteiger partial charge in [-0.1, -0.05) is 0 Å². The van der Waals surface area contributed by atoms with E-state index in [1.54, 1.807) is 24.3 Å². The first-order valence-corrected chi connectivity index (χ1v) is 5.65. The van der Waals surface area contributed by atoms with E-state index in [1.165, 1.54) is 7.11 Å². The monoisotopic (exact) mass is 277 g/mol. The molecule has 0 saturated heterocycles. The molecule has 5 nitrogen and oxygen atoms in total. The summed E-state index contributed by atoms with van der Waals surface area (Å²) in [7, 11) is 1.52. The maximum Gasteiger partial charge on any atom is 0.337 e. The molecule has 0 heterocycles. The molecule has 2 aromatic rings. The number of nitrogens with two attached hydrogens (primary N) is 1. The van der Waals surface area contributed by atoms with Crippen molar-refractivity contribution in [3.63, 3.8) is 0 Å². The third-order valence-corrected chi connectivity index (χ3v) is 2.62. The lowest BCUT2D eigenvalue weighted by Crippen LogP contribution is -2.04. The zero-order valence-corrected chi connectivity index (χ0v) is 10.6. The largest absolute Gasteiger partial charge is 0.497 e. The molecule has 0 bridgehead atoms. The van der Waals surface area contributed by atoms with E-state index in [9.17, 15) is 9.18 Å². The highest BCUT2D eigenvalue weighted by Crippen LogP contribution is 2.29. The molecule has 0 fully saturated rings. The molecule has 3 N–H and O–H groups in total. The van der Waals surface area contributed by atoms with Crippen molar-refractivity contribution in [2.24, 2.45) is 0 Å². The SMILES string of the molecule is COc1ccc(Oc2cc(C(=O)O)c(N)cc2F)cc1. The minimum absolute atomic E-state index is 0.155. The first-order chi connectivity index (χ1) is 9.51. The van der Waals surface area contributed by atoms with Crippen LogP contribution in [-0.2, 0) is 0 Å². The fourth-order valence-electron chi connectivity index (χ4n) is 1.60. The average molecular weight is 277 g/mol. The second-order valence-corrected chi connectivity index (χ2v) is 3.95. The Bertz CT molecular complexity index is 640. The fourth-order valence-corrected chi connectivity index (χ4v) is 1.60. The molecule has 0 atom stereocenters. The van der Waals surface area contributed by atoms with E-state index in [1.807, 2.05) is 0 Å². The maximum atomic E-state index is 13.7. The molecular weight excluding hydrogens is 265 g/mol. The molecule has 6 heteroatoms. The maximum absolute atomic E-state index is 13.7. The number of hydrogen-bond acceptors (Lipinski definition) is 4. The highest BCUT2D eigenvalue weighted by Gasteiger charge is 2.14. The zero-order valence-electron chi connectivity index (χ0n) is 10.6. The Kier molecular flexibility index (Phi) is 3.74. The standard InChI is InChI=1S/C14H12FNO4/c1-19-8-2-4-9(5-3-8)20-13-6-10(14(17)18)12(16)7-11(13)15/h2-7H,16H2,1H3,(H,17,18). The van der Waals surface area contributed by atoms with Gasteiger partial charge in [0.2, 0.25) is 0 Å². The number of anilines is 1. The van der Waals surface area contributed by atoms with Crippen LogP contribution in [0.25, 0.3) is 0 Å². The molecule has 0 radical (unpaired) electrons. The first kappa shape index (κ1) is 13.7. The third-order valence-electron chi connectivity index (χ3n) is 2.62. The van der Waals surface area contributed by atoms with Crippen molar-refractivity contribution in [1.82, 2.24) is 0 Å². The smallest absolute Gasteiger partial charge is 0.337 e. The Hall–Kier alpha value is -2.76. The summed E-state index contributed by atoms with van der Waals surface area (Å²) < 4.78 is 24.0. The van der Waals surface area contributed by atoms with Crippen molar-refractivity contribution in [1.29, 1.82) is 0 Å². The van der Waals surface area contributed by atoms with E-state index in [-0.39, 0.29) is 17.0 Å². The average Bonchev–Trinajstić information content (AvgIpc) is 2.42. The van der Waals surface area contributed by atoms with Crippen LogP contribution in [0, 0.1) is 5.82 Å². The topological polar surface area (TPSA) is 81.8 Å². The fraction of sp³-hybridized carbons (Fsp3) is 0.0714. The first-order valence-electron chi connectivity index (χ1n) is 5.65. The van der Waals surface area contributed by atoms with Crippen LogP contribution in [0.3, 0.4) is 0 Å². The van der Waals surface area contributed by atoms with Gasteiger partial charge in [0.05, 0.1) is 12.7 Å². The molecule has 2 aromatic carbocycles. The van der Waals surface area contributed by atoms with Crippen LogP contribution in [0.15, 0.2) is 36.4 Å². The highest BCUT2D eigenvalue weighted by atomic mass is 19.1. The predicted octanol–water partition coefficient (Wildman–Crippen LogP) is 2.91. The summed E-state index contributed by atoms with van der Waals surface area (Å²) in [4.78, 5) is 10.9. The predicted molar refractivity (Wildman–Crippen MR) is 70.8 cm³/mol. The summed E-state index contributed by atoms with van der Waals surface area (Å²) in [5.41, 5.74) is 5.06. The van der Waals surface area contributed by atoms with Gasteiger partial charge in [0, 0.05) is 17.8 Å². The molecule has 0 unspecified atom stereocenters. The summed E-state index contributed by atoms with van der Waals surface area (Å²) in [5, 5.41) is 8.94. The van der Waals surface area contributed by atoms with Crippen LogP contribution in [0.2, 0.25) is 0 Å². The molecule has 0 saturated carbocycles. The van der Waals surface area contributed by atoms with Crippen molar-refractivity contribution < 1.29 is 23.8 Å². The van der Waals surface area contributed by atoms with E-state index >= 15 is 0 Å². The number of hydrogen-bond donors (Lipinski definition) is 2. The summed E-state index contributed by atoms with van der Waals surface area (Å²) in [5.74, 6) is -1.21. The van der Waals surface area contributed by atoms with Gasteiger partial charge in [0.15, 0.2) is 11.6 Å². The number of carboxylic acids is 1. The number of halogens is 1. The van der Waals surface area contributed by atoms with Crippen molar-refractivity contribution in [3.8, 4) is 17.2 Å². The summed E-state index contributed by atoms with van der Waals surface area (Å²) in [6.45, 7) is 0. The minimum Gasteiger partial charge on any atom is -0.497 e. The summed E-state index contributed by atoms with van der Waals surface area (Å²) >= 11 is 0. The Morgan fingerprint density at radius 2 is 1.80 bits per heavy atom. The van der Waals surface area contributed by atoms with Gasteiger partial charge in [0.25, 0.3) is 0 Å². The molecule has 0 amide bonds. The minimum atomic E-state index is -1.25. The second kappa shape index (κ2) is 5.48. The lowest BCUT2D eigenvalue weighted by molar-refractivity contribution is 0.0697. The van der Waals surface area contributed by atoms with E-state index in [4.69, 9.17) is 20.3 Å². The molecule has 0 aliphatic carbocycles. The Morgan fingerprint density at radius 3 is 2.35 bits per heavy atom. The number of carbonyl (C=O) groups is 1. The van der Waals surface area contributed by atoms with E-state index in [0.717, 1.165) is 12.1 Å². The molecule has 0 aliphatic rings. The van der Waals surface area contributed by atoms with Crippen LogP contribution >= 0.6 is 0 Å². The van der Waals surface area contributed by atoms with Crippen LogP contribution in [-0.4, -0.2) is 18.2 Å². The van der Waals surface area contributed by atoms with Crippen molar-refractivity contribution in [2.75, 3.05) is 12.8 Å². The number of benzene rings is 2. The highest BCUT2D eigenvalue weighted by molar-refractivity contribution is 5.94. The van der Waals surface area contributed by atoms with Gasteiger partial charge >= 0.3 is 5.97 Å². The van der Waals surface area contributed by atoms with Gasteiger partial charge in [-0.2, -0.15) is 0 Å². The number of rotatable bonds is 4. The molecule has 104 valence electrons. The van der Waals surface area contributed by atoms with Crippen molar-refractivity contribution in [2.45, 2.75) is 0 Å². The Morgan fingerprint density at radius 1 is 1.20 bits per heavy atom. The van der Waals surface area contributed by atoms with Gasteiger partial charge in [-0.25, -0.2) is 9.18 Å². The number of nitrogen functional groups attached to an aromatic ring is 1. The Balaban J connectivity index is 2.32. The number of methoxy groups -OCH3 is 1. The lowest BCUT2D eigenvalue weighted by Gasteiger charge is -2.09. The van der Waals surface area contributed by atoms with Crippen molar-refractivity contribution in [3.05, 3.63) is 47.8 Å². The van der Waals surface area contributed by atoms with Gasteiger partial charge in [0.1, 0.15) is 11.5 Å².